The van der Waals surface area contributed by atoms with Crippen molar-refractivity contribution in [2.24, 2.45) is 10.8 Å². The smallest absolute Gasteiger partial charge is 0.187 e. The van der Waals surface area contributed by atoms with Gasteiger partial charge in [0.1, 0.15) is 6.10 Å². The van der Waals surface area contributed by atoms with Crippen molar-refractivity contribution in [3.05, 3.63) is 124 Å². The lowest BCUT2D eigenvalue weighted by Crippen LogP contribution is -2.45. The Morgan fingerprint density at radius 3 is 1.77 bits per heavy atom. The van der Waals surface area contributed by atoms with E-state index in [0.29, 0.717) is 24.8 Å². The predicted octanol–water partition coefficient (Wildman–Crippen LogP) is 8.69. The molecule has 0 radical (unpaired) electrons. The third-order valence-corrected chi connectivity index (χ3v) is 8.33. The third-order valence-electron chi connectivity index (χ3n) is 8.33. The Hall–Kier alpha value is -3.27. The van der Waals surface area contributed by atoms with Gasteiger partial charge in [0.15, 0.2) is 5.78 Å². The number of hydrogen-bond donors (Lipinski definition) is 3. The predicted molar refractivity (Wildman–Crippen MR) is 185 cm³/mol. The fourth-order valence-electron chi connectivity index (χ4n) is 6.06. The van der Waals surface area contributed by atoms with Gasteiger partial charge in [0.25, 0.3) is 0 Å². The lowest BCUT2D eigenvalue weighted by atomic mass is 9.65. The first-order valence-corrected chi connectivity index (χ1v) is 15.6. The van der Waals surface area contributed by atoms with Crippen LogP contribution >= 0.6 is 0 Å². The SMILES string of the molecule is CC(C=C=C1C(C)(C)CC(O)CC1(C)O)=CC=CC(C)=CC=CC=C(C)C=CC=C(C)C=CC1=C(C)C(=O)C(O)CC1(C)C. The molecule has 2 aliphatic carbocycles. The Kier molecular flexibility index (Phi) is 13.1. The minimum atomic E-state index is -1.06. The molecule has 0 aliphatic heterocycles. The lowest BCUT2D eigenvalue weighted by molar-refractivity contribution is -0.125. The molecule has 3 atom stereocenters. The average molecular weight is 599 g/mol. The maximum atomic E-state index is 12.2. The lowest BCUT2D eigenvalue weighted by Gasteiger charge is -2.43. The second-order valence-corrected chi connectivity index (χ2v) is 14.0. The van der Waals surface area contributed by atoms with Gasteiger partial charge in [-0.2, -0.15) is 0 Å². The van der Waals surface area contributed by atoms with E-state index >= 15 is 0 Å². The van der Waals surface area contributed by atoms with Crippen molar-refractivity contribution in [2.45, 2.75) is 106 Å². The molecule has 44 heavy (non-hydrogen) atoms. The Balaban J connectivity index is 1.97. The van der Waals surface area contributed by atoms with Crippen LogP contribution in [0.25, 0.3) is 0 Å². The first-order valence-electron chi connectivity index (χ1n) is 15.6. The van der Waals surface area contributed by atoms with E-state index in [2.05, 4.69) is 51.7 Å². The molecule has 238 valence electrons. The summed E-state index contributed by atoms with van der Waals surface area (Å²) in [6.07, 6.45) is 26.3. The highest BCUT2D eigenvalue weighted by atomic mass is 16.3. The molecule has 0 aromatic carbocycles. The van der Waals surface area contributed by atoms with Gasteiger partial charge in [-0.05, 0) is 88.0 Å². The summed E-state index contributed by atoms with van der Waals surface area (Å²) in [5.74, 6) is -0.174. The molecular formula is C40H54O4. The van der Waals surface area contributed by atoms with Gasteiger partial charge in [-0.3, -0.25) is 4.79 Å². The van der Waals surface area contributed by atoms with Crippen LogP contribution in [0.1, 0.15) is 88.5 Å². The van der Waals surface area contributed by atoms with Crippen molar-refractivity contribution in [3.63, 3.8) is 0 Å². The van der Waals surface area contributed by atoms with E-state index in [1.54, 1.807) is 13.8 Å². The number of aliphatic hydroxyl groups is 3. The van der Waals surface area contributed by atoms with Crippen molar-refractivity contribution < 1.29 is 20.1 Å². The van der Waals surface area contributed by atoms with Crippen LogP contribution in [0.15, 0.2) is 124 Å². The summed E-state index contributed by atoms with van der Waals surface area (Å²) in [4.78, 5) is 12.2. The van der Waals surface area contributed by atoms with Crippen molar-refractivity contribution >= 4 is 5.78 Å². The molecule has 0 heterocycles. The van der Waals surface area contributed by atoms with E-state index in [0.717, 1.165) is 33.4 Å². The molecule has 2 rings (SSSR count). The summed E-state index contributed by atoms with van der Waals surface area (Å²) in [7, 11) is 0. The molecule has 4 heteroatoms. The molecule has 0 aromatic rings. The van der Waals surface area contributed by atoms with E-state index in [9.17, 15) is 20.1 Å². The summed E-state index contributed by atoms with van der Waals surface area (Å²) in [6, 6.07) is 0. The maximum absolute atomic E-state index is 12.2. The largest absolute Gasteiger partial charge is 0.393 e. The quantitative estimate of drug-likeness (QED) is 0.183. The highest BCUT2D eigenvalue weighted by Gasteiger charge is 2.44. The van der Waals surface area contributed by atoms with Crippen molar-refractivity contribution in [2.75, 3.05) is 0 Å². The number of aliphatic hydroxyl groups excluding tert-OH is 2. The second kappa shape index (κ2) is 15.6. The molecule has 3 unspecified atom stereocenters. The fraction of sp³-hybridized carbons (Fsp3) is 0.450. The zero-order valence-corrected chi connectivity index (χ0v) is 28.5. The van der Waals surface area contributed by atoms with E-state index < -0.39 is 17.8 Å². The zero-order valence-electron chi connectivity index (χ0n) is 28.5. The molecule has 1 fully saturated rings. The van der Waals surface area contributed by atoms with Crippen LogP contribution in [0.2, 0.25) is 0 Å². The van der Waals surface area contributed by atoms with E-state index in [4.69, 9.17) is 0 Å². The topological polar surface area (TPSA) is 77.8 Å². The fourth-order valence-corrected chi connectivity index (χ4v) is 6.06. The van der Waals surface area contributed by atoms with Crippen LogP contribution in [0, 0.1) is 10.8 Å². The molecule has 1 saturated carbocycles. The molecule has 0 saturated heterocycles. The van der Waals surface area contributed by atoms with Crippen LogP contribution in [-0.4, -0.2) is 38.9 Å². The Labute approximate surface area is 266 Å². The first kappa shape index (κ1) is 36.9. The molecule has 0 amide bonds. The number of allylic oxidation sites excluding steroid dienone is 17. The molecule has 4 nitrogen and oxygen atoms in total. The van der Waals surface area contributed by atoms with Gasteiger partial charge in [-0.25, -0.2) is 0 Å². The zero-order chi connectivity index (χ0) is 33.3. The highest BCUT2D eigenvalue weighted by molar-refractivity contribution is 6.00. The van der Waals surface area contributed by atoms with Crippen LogP contribution in [0.4, 0.5) is 0 Å². The maximum Gasteiger partial charge on any atom is 0.187 e. The van der Waals surface area contributed by atoms with E-state index in [-0.39, 0.29) is 16.6 Å². The number of Topliss-reactive ketones (excluding diaryl/α,β-unsaturated/α-hetero) is 1. The number of rotatable bonds is 9. The van der Waals surface area contributed by atoms with Gasteiger partial charge < -0.3 is 15.3 Å². The van der Waals surface area contributed by atoms with Crippen molar-refractivity contribution in [1.82, 2.24) is 0 Å². The van der Waals surface area contributed by atoms with Crippen molar-refractivity contribution in [3.8, 4) is 0 Å². The summed E-state index contributed by atoms with van der Waals surface area (Å²) in [6.45, 7) is 19.9. The van der Waals surface area contributed by atoms with Gasteiger partial charge in [-0.15, -0.1) is 5.73 Å². The minimum absolute atomic E-state index is 0.174. The first-order chi connectivity index (χ1) is 20.4. The van der Waals surface area contributed by atoms with Crippen LogP contribution in [0.3, 0.4) is 0 Å². The second-order valence-electron chi connectivity index (χ2n) is 14.0. The Morgan fingerprint density at radius 1 is 0.727 bits per heavy atom. The standard InChI is InChI=1S/C40H54O4/c1-28(17-13-19-30(3)21-23-34-32(5)37(43)35(42)27-38(34,6)7)15-11-12-16-29(2)18-14-20-31(4)22-24-36-39(8,9)25-33(41)26-40(36,10)44/h11-23,33,35,41-42,44H,25-27H2,1-10H3. The highest BCUT2D eigenvalue weighted by Crippen LogP contribution is 2.45. The van der Waals surface area contributed by atoms with Crippen LogP contribution in [0.5, 0.6) is 0 Å². The molecule has 2 aliphatic rings. The van der Waals surface area contributed by atoms with Crippen LogP contribution in [-0.2, 0) is 4.79 Å². The summed E-state index contributed by atoms with van der Waals surface area (Å²) >= 11 is 0. The van der Waals surface area contributed by atoms with Gasteiger partial charge in [0.2, 0.25) is 0 Å². The van der Waals surface area contributed by atoms with E-state index in [1.165, 1.54) is 0 Å². The van der Waals surface area contributed by atoms with Gasteiger partial charge in [0.05, 0.1) is 11.7 Å². The van der Waals surface area contributed by atoms with Gasteiger partial charge in [0, 0.05) is 12.0 Å². The summed E-state index contributed by atoms with van der Waals surface area (Å²) < 4.78 is 0. The van der Waals surface area contributed by atoms with Gasteiger partial charge >= 0.3 is 0 Å². The number of hydrogen-bond acceptors (Lipinski definition) is 4. The average Bonchev–Trinajstić information content (AvgIpc) is 2.87. The van der Waals surface area contributed by atoms with Gasteiger partial charge in [-0.1, -0.05) is 117 Å². The molecule has 0 aromatic heterocycles. The molecule has 3 N–H and O–H groups in total. The Morgan fingerprint density at radius 2 is 1.23 bits per heavy atom. The number of carbonyl (C=O) groups is 1. The summed E-state index contributed by atoms with van der Waals surface area (Å²) in [5, 5.41) is 31.0. The third kappa shape index (κ3) is 11.0. The summed E-state index contributed by atoms with van der Waals surface area (Å²) in [5.41, 5.74) is 8.52. The Bertz CT molecular complexity index is 1400. The molecule has 0 bridgehead atoms. The number of carbonyl (C=O) groups excluding carboxylic acids is 1. The monoisotopic (exact) mass is 598 g/mol. The molecular weight excluding hydrogens is 544 g/mol. The number of ketones is 1. The van der Waals surface area contributed by atoms with Crippen molar-refractivity contribution in [1.29, 1.82) is 0 Å². The van der Waals surface area contributed by atoms with Crippen LogP contribution < -0.4 is 0 Å². The van der Waals surface area contributed by atoms with E-state index in [1.807, 2.05) is 88.5 Å². The molecule has 0 spiro atoms. The minimum Gasteiger partial charge on any atom is -0.393 e. The normalized spacial score (nSPS) is 27.4.